The highest BCUT2D eigenvalue weighted by Gasteiger charge is 2.30. The number of carbonyl (C=O) groups is 1. The van der Waals surface area contributed by atoms with Crippen molar-refractivity contribution in [3.05, 3.63) is 11.6 Å². The van der Waals surface area contributed by atoms with Gasteiger partial charge in [-0.25, -0.2) is 0 Å². The van der Waals surface area contributed by atoms with Crippen LogP contribution in [0, 0.1) is 11.8 Å². The maximum Gasteiger partial charge on any atom is 0.306 e. The third-order valence-electron chi connectivity index (χ3n) is 5.33. The van der Waals surface area contributed by atoms with Crippen molar-refractivity contribution >= 4 is 5.97 Å². The molecule has 0 aromatic heterocycles. The average molecular weight is 433 g/mol. The zero-order valence-corrected chi connectivity index (χ0v) is 19.2. The molecular weight excluding hydrogens is 388 g/mol. The summed E-state index contributed by atoms with van der Waals surface area (Å²) >= 11 is 0. The van der Waals surface area contributed by atoms with Crippen molar-refractivity contribution in [3.8, 4) is 0 Å². The first-order valence-corrected chi connectivity index (χ1v) is 11.2. The molecule has 0 aromatic carbocycles. The van der Waals surface area contributed by atoms with Crippen LogP contribution in [0.15, 0.2) is 11.6 Å². The van der Waals surface area contributed by atoms with Crippen LogP contribution in [0.4, 0.5) is 0 Å². The number of allylic oxidation sites excluding steroid dienone is 2. The summed E-state index contributed by atoms with van der Waals surface area (Å²) in [5, 5.41) is 46.9. The van der Waals surface area contributed by atoms with Gasteiger partial charge in [0, 0.05) is 6.42 Å². The Balaban J connectivity index is 3.98. The summed E-state index contributed by atoms with van der Waals surface area (Å²) in [4.78, 5) is 11.8. The Bertz CT molecular complexity index is 478. The van der Waals surface area contributed by atoms with Gasteiger partial charge in [0.1, 0.15) is 31.0 Å². The number of aliphatic hydroxyl groups is 5. The molecule has 5 atom stereocenters. The van der Waals surface area contributed by atoms with Gasteiger partial charge in [0.05, 0.1) is 6.61 Å². The predicted molar refractivity (Wildman–Crippen MR) is 117 cm³/mol. The van der Waals surface area contributed by atoms with E-state index in [-0.39, 0.29) is 6.42 Å². The summed E-state index contributed by atoms with van der Waals surface area (Å²) in [6.45, 7) is 7.64. The fourth-order valence-electron chi connectivity index (χ4n) is 3.20. The summed E-state index contributed by atoms with van der Waals surface area (Å²) < 4.78 is 4.90. The van der Waals surface area contributed by atoms with Crippen LogP contribution in [0.1, 0.15) is 79.1 Å². The smallest absolute Gasteiger partial charge is 0.306 e. The molecule has 0 aliphatic carbocycles. The molecule has 30 heavy (non-hydrogen) atoms. The third kappa shape index (κ3) is 14.1. The molecule has 0 amide bonds. The van der Waals surface area contributed by atoms with Gasteiger partial charge in [-0.3, -0.25) is 4.79 Å². The van der Waals surface area contributed by atoms with E-state index in [1.165, 1.54) is 31.3 Å². The molecule has 0 rings (SSSR count). The van der Waals surface area contributed by atoms with Crippen LogP contribution in [0.25, 0.3) is 0 Å². The van der Waals surface area contributed by atoms with Crippen LogP contribution < -0.4 is 0 Å². The van der Waals surface area contributed by atoms with E-state index in [1.54, 1.807) is 0 Å². The minimum absolute atomic E-state index is 0.160. The first kappa shape index (κ1) is 29.0. The fraction of sp³-hybridized carbons (Fsp3) is 0.870. The summed E-state index contributed by atoms with van der Waals surface area (Å²) in [7, 11) is 0. The van der Waals surface area contributed by atoms with Crippen molar-refractivity contribution in [2.75, 3.05) is 13.2 Å². The number of rotatable bonds is 17. The van der Waals surface area contributed by atoms with Gasteiger partial charge in [0.15, 0.2) is 0 Å². The second kappa shape index (κ2) is 16.7. The largest absolute Gasteiger partial charge is 0.463 e. The number of carbonyl (C=O) groups excluding carboxylic acids is 1. The number of esters is 1. The lowest BCUT2D eigenvalue weighted by Gasteiger charge is -2.25. The van der Waals surface area contributed by atoms with Gasteiger partial charge in [-0.15, -0.1) is 0 Å². The molecule has 0 fully saturated rings. The van der Waals surface area contributed by atoms with Crippen LogP contribution in [0.3, 0.4) is 0 Å². The molecule has 0 saturated heterocycles. The van der Waals surface area contributed by atoms with Gasteiger partial charge in [0.25, 0.3) is 0 Å². The number of ether oxygens (including phenoxy) is 1. The molecule has 1 unspecified atom stereocenters. The standard InChI is InChI=1S/C23H44O7/c1-16(2)8-5-9-17(3)10-6-11-18(4)12-7-13-21(27)30-15-20(26)23(29)22(28)19(25)14-24/h12,16-17,19-20,22-26,28-29H,5-11,13-15H2,1-4H3/b18-12+/t17?,19-,20-,22-,23-/m0/s1. The molecule has 0 aromatic rings. The van der Waals surface area contributed by atoms with Crippen molar-refractivity contribution < 1.29 is 35.1 Å². The van der Waals surface area contributed by atoms with E-state index >= 15 is 0 Å². The summed E-state index contributed by atoms with van der Waals surface area (Å²) in [6.07, 6.45) is 3.37. The quantitative estimate of drug-likeness (QED) is 0.176. The SMILES string of the molecule is C/C(=C\CCC(=O)OC[C@H](O)[C@H](O)[C@@H](O)[C@@H](O)CO)CCCC(C)CCCC(C)C. The van der Waals surface area contributed by atoms with Gasteiger partial charge >= 0.3 is 5.97 Å². The zero-order chi connectivity index (χ0) is 23.1. The molecule has 0 saturated carbocycles. The molecule has 0 aliphatic rings. The van der Waals surface area contributed by atoms with Gasteiger partial charge in [-0.1, -0.05) is 58.1 Å². The Morgan fingerprint density at radius 3 is 2.10 bits per heavy atom. The molecule has 0 aliphatic heterocycles. The summed E-state index contributed by atoms with van der Waals surface area (Å²) in [5.41, 5.74) is 1.24. The lowest BCUT2D eigenvalue weighted by molar-refractivity contribution is -0.156. The fourth-order valence-corrected chi connectivity index (χ4v) is 3.20. The molecule has 7 nitrogen and oxygen atoms in total. The Morgan fingerprint density at radius 2 is 1.50 bits per heavy atom. The lowest BCUT2D eigenvalue weighted by Crippen LogP contribution is -2.47. The van der Waals surface area contributed by atoms with Crippen molar-refractivity contribution in [2.45, 2.75) is 103 Å². The van der Waals surface area contributed by atoms with Gasteiger partial charge in [0.2, 0.25) is 0 Å². The number of hydrogen-bond donors (Lipinski definition) is 5. The van der Waals surface area contributed by atoms with Crippen molar-refractivity contribution in [3.63, 3.8) is 0 Å². The van der Waals surface area contributed by atoms with Crippen molar-refractivity contribution in [2.24, 2.45) is 11.8 Å². The maximum absolute atomic E-state index is 11.8. The van der Waals surface area contributed by atoms with E-state index in [9.17, 15) is 25.2 Å². The normalized spacial score (nSPS) is 17.5. The van der Waals surface area contributed by atoms with E-state index in [0.717, 1.165) is 24.7 Å². The van der Waals surface area contributed by atoms with Gasteiger partial charge < -0.3 is 30.3 Å². The Labute approximate surface area is 181 Å². The third-order valence-corrected chi connectivity index (χ3v) is 5.33. The van der Waals surface area contributed by atoms with Gasteiger partial charge in [-0.05, 0) is 38.0 Å². The monoisotopic (exact) mass is 432 g/mol. The van der Waals surface area contributed by atoms with Gasteiger partial charge in [-0.2, -0.15) is 0 Å². The predicted octanol–water partition coefficient (Wildman–Crippen LogP) is 2.32. The zero-order valence-electron chi connectivity index (χ0n) is 19.2. The van der Waals surface area contributed by atoms with E-state index in [4.69, 9.17) is 9.84 Å². The first-order valence-electron chi connectivity index (χ1n) is 11.2. The van der Waals surface area contributed by atoms with Crippen molar-refractivity contribution in [1.82, 2.24) is 0 Å². The Hall–Kier alpha value is -0.990. The molecule has 5 N–H and O–H groups in total. The molecule has 178 valence electrons. The van der Waals surface area contributed by atoms with Crippen LogP contribution in [-0.4, -0.2) is 69.1 Å². The molecule has 0 spiro atoms. The van der Waals surface area contributed by atoms with E-state index < -0.39 is 43.6 Å². The van der Waals surface area contributed by atoms with Crippen LogP contribution >= 0.6 is 0 Å². The second-order valence-electron chi connectivity index (χ2n) is 8.89. The number of aliphatic hydroxyl groups excluding tert-OH is 5. The number of hydrogen-bond acceptors (Lipinski definition) is 7. The van der Waals surface area contributed by atoms with E-state index in [2.05, 4.69) is 27.7 Å². The minimum Gasteiger partial charge on any atom is -0.463 e. The minimum atomic E-state index is -1.73. The van der Waals surface area contributed by atoms with E-state index in [1.807, 2.05) is 6.08 Å². The average Bonchev–Trinajstić information content (AvgIpc) is 2.69. The highest BCUT2D eigenvalue weighted by atomic mass is 16.5. The first-order chi connectivity index (χ1) is 14.1. The highest BCUT2D eigenvalue weighted by molar-refractivity contribution is 5.69. The molecular formula is C23H44O7. The topological polar surface area (TPSA) is 127 Å². The molecule has 0 heterocycles. The van der Waals surface area contributed by atoms with Crippen LogP contribution in [-0.2, 0) is 9.53 Å². The Kier molecular flexibility index (Phi) is 16.1. The lowest BCUT2D eigenvalue weighted by atomic mass is 9.94. The molecule has 7 heteroatoms. The second-order valence-corrected chi connectivity index (χ2v) is 8.89. The van der Waals surface area contributed by atoms with Crippen molar-refractivity contribution in [1.29, 1.82) is 0 Å². The molecule has 0 bridgehead atoms. The Morgan fingerprint density at radius 1 is 0.900 bits per heavy atom. The van der Waals surface area contributed by atoms with Crippen LogP contribution in [0.5, 0.6) is 0 Å². The van der Waals surface area contributed by atoms with Crippen LogP contribution in [0.2, 0.25) is 0 Å². The maximum atomic E-state index is 11.8. The van der Waals surface area contributed by atoms with E-state index in [0.29, 0.717) is 6.42 Å². The summed E-state index contributed by atoms with van der Waals surface area (Å²) in [6, 6.07) is 0. The highest BCUT2D eigenvalue weighted by Crippen LogP contribution is 2.19. The summed E-state index contributed by atoms with van der Waals surface area (Å²) in [5.74, 6) is 1.000. The molecule has 0 radical (unpaired) electrons.